The molecule has 2 aromatic rings. The summed E-state index contributed by atoms with van der Waals surface area (Å²) >= 11 is 7.18. The molecule has 6 nitrogen and oxygen atoms in total. The van der Waals surface area contributed by atoms with Gasteiger partial charge in [0.2, 0.25) is 5.91 Å². The monoisotopic (exact) mass is 297 g/mol. The molecule has 19 heavy (non-hydrogen) atoms. The molecule has 100 valence electrons. The van der Waals surface area contributed by atoms with E-state index in [2.05, 4.69) is 20.5 Å². The van der Waals surface area contributed by atoms with Crippen molar-refractivity contribution < 1.29 is 4.79 Å². The Kier molecular flexibility index (Phi) is 4.75. The van der Waals surface area contributed by atoms with Crippen LogP contribution in [0.1, 0.15) is 6.92 Å². The van der Waals surface area contributed by atoms with E-state index in [4.69, 9.17) is 11.6 Å². The lowest BCUT2D eigenvalue weighted by Crippen LogP contribution is -2.15. The quantitative estimate of drug-likeness (QED) is 0.676. The minimum absolute atomic E-state index is 0.162. The van der Waals surface area contributed by atoms with E-state index >= 15 is 0 Å². The standard InChI is InChI=1S/C11H12ClN5OS/c1-2-17-7-14-16-11(17)19-6-9(18)15-8-4-3-5-13-10(8)12/h3-5,7H,2,6H2,1H3,(H,15,18). The smallest absolute Gasteiger partial charge is 0.234 e. The van der Waals surface area contributed by atoms with Gasteiger partial charge in [0, 0.05) is 12.7 Å². The van der Waals surface area contributed by atoms with Crippen LogP contribution in [0.3, 0.4) is 0 Å². The maximum atomic E-state index is 11.8. The van der Waals surface area contributed by atoms with Gasteiger partial charge in [-0.3, -0.25) is 4.79 Å². The highest BCUT2D eigenvalue weighted by atomic mass is 35.5. The van der Waals surface area contributed by atoms with Crippen molar-refractivity contribution in [3.8, 4) is 0 Å². The van der Waals surface area contributed by atoms with Gasteiger partial charge in [-0.2, -0.15) is 0 Å². The van der Waals surface area contributed by atoms with Crippen molar-refractivity contribution >= 4 is 35.0 Å². The van der Waals surface area contributed by atoms with Crippen molar-refractivity contribution in [2.45, 2.75) is 18.6 Å². The summed E-state index contributed by atoms with van der Waals surface area (Å²) in [5, 5.41) is 11.4. The van der Waals surface area contributed by atoms with Crippen molar-refractivity contribution in [1.29, 1.82) is 0 Å². The fraction of sp³-hybridized carbons (Fsp3) is 0.273. The Morgan fingerprint density at radius 2 is 2.42 bits per heavy atom. The molecule has 0 bridgehead atoms. The molecule has 0 saturated heterocycles. The summed E-state index contributed by atoms with van der Waals surface area (Å²) in [6.45, 7) is 2.76. The average molecular weight is 298 g/mol. The Morgan fingerprint density at radius 1 is 1.58 bits per heavy atom. The van der Waals surface area contributed by atoms with E-state index in [0.717, 1.165) is 11.7 Å². The molecule has 1 N–H and O–H groups in total. The van der Waals surface area contributed by atoms with E-state index < -0.39 is 0 Å². The Hall–Kier alpha value is -1.60. The van der Waals surface area contributed by atoms with Crippen LogP contribution in [0, 0.1) is 0 Å². The Bertz CT molecular complexity index is 574. The first-order valence-corrected chi connectivity index (χ1v) is 6.98. The molecule has 0 fully saturated rings. The lowest BCUT2D eigenvalue weighted by Gasteiger charge is -2.06. The highest BCUT2D eigenvalue weighted by molar-refractivity contribution is 7.99. The molecule has 8 heteroatoms. The molecule has 0 aliphatic rings. The number of carbonyl (C=O) groups is 1. The SMILES string of the molecule is CCn1cnnc1SCC(=O)Nc1cccnc1Cl. The summed E-state index contributed by atoms with van der Waals surface area (Å²) in [4.78, 5) is 15.7. The van der Waals surface area contributed by atoms with Gasteiger partial charge >= 0.3 is 0 Å². The van der Waals surface area contributed by atoms with Crippen LogP contribution in [0.4, 0.5) is 5.69 Å². The normalized spacial score (nSPS) is 10.4. The van der Waals surface area contributed by atoms with E-state index in [1.54, 1.807) is 24.7 Å². The number of carbonyl (C=O) groups excluding carboxylic acids is 1. The molecular weight excluding hydrogens is 286 g/mol. The average Bonchev–Trinajstić information content (AvgIpc) is 2.86. The topological polar surface area (TPSA) is 72.7 Å². The predicted octanol–water partition coefficient (Wildman–Crippen LogP) is 2.08. The molecule has 0 aliphatic carbocycles. The first kappa shape index (κ1) is 13.8. The van der Waals surface area contributed by atoms with Crippen LogP contribution in [-0.4, -0.2) is 31.4 Å². The third-order valence-corrected chi connectivity index (χ3v) is 3.57. The third-order valence-electron chi connectivity index (χ3n) is 2.29. The van der Waals surface area contributed by atoms with Gasteiger partial charge in [0.1, 0.15) is 6.33 Å². The number of hydrogen-bond acceptors (Lipinski definition) is 5. The van der Waals surface area contributed by atoms with E-state index in [1.165, 1.54) is 11.8 Å². The maximum absolute atomic E-state index is 11.8. The summed E-state index contributed by atoms with van der Waals surface area (Å²) in [5.74, 6) is 0.0785. The van der Waals surface area contributed by atoms with Crippen LogP contribution in [0.2, 0.25) is 5.15 Å². The van der Waals surface area contributed by atoms with E-state index in [-0.39, 0.29) is 16.8 Å². The molecule has 2 rings (SSSR count). The predicted molar refractivity (Wildman–Crippen MR) is 74.3 cm³/mol. The van der Waals surface area contributed by atoms with Crippen molar-refractivity contribution in [3.05, 3.63) is 29.8 Å². The number of pyridine rings is 1. The van der Waals surface area contributed by atoms with Crippen molar-refractivity contribution in [2.24, 2.45) is 0 Å². The van der Waals surface area contributed by atoms with Gasteiger partial charge in [-0.1, -0.05) is 23.4 Å². The van der Waals surface area contributed by atoms with Crippen LogP contribution in [0.15, 0.2) is 29.8 Å². The second-order valence-electron chi connectivity index (χ2n) is 3.58. The second kappa shape index (κ2) is 6.53. The molecule has 0 saturated carbocycles. The summed E-state index contributed by atoms with van der Waals surface area (Å²) in [6, 6.07) is 3.41. The zero-order valence-electron chi connectivity index (χ0n) is 10.2. The molecule has 2 heterocycles. The van der Waals surface area contributed by atoms with Crippen molar-refractivity contribution in [2.75, 3.05) is 11.1 Å². The second-order valence-corrected chi connectivity index (χ2v) is 4.88. The summed E-state index contributed by atoms with van der Waals surface area (Å²) < 4.78 is 1.87. The molecule has 0 aliphatic heterocycles. The summed E-state index contributed by atoms with van der Waals surface area (Å²) in [5.41, 5.74) is 0.506. The minimum atomic E-state index is -0.162. The first-order valence-electron chi connectivity index (χ1n) is 5.61. The molecule has 0 atom stereocenters. The number of thioether (sulfide) groups is 1. The van der Waals surface area contributed by atoms with Gasteiger partial charge in [-0.25, -0.2) is 4.98 Å². The molecule has 1 amide bonds. The number of nitrogens with one attached hydrogen (secondary N) is 1. The molecule has 2 aromatic heterocycles. The zero-order valence-corrected chi connectivity index (χ0v) is 11.8. The van der Waals surface area contributed by atoms with Crippen LogP contribution in [-0.2, 0) is 11.3 Å². The number of aromatic nitrogens is 4. The lowest BCUT2D eigenvalue weighted by molar-refractivity contribution is -0.113. The van der Waals surface area contributed by atoms with E-state index in [1.807, 2.05) is 11.5 Å². The van der Waals surface area contributed by atoms with Crippen LogP contribution >= 0.6 is 23.4 Å². The number of aryl methyl sites for hydroxylation is 1. The van der Waals surface area contributed by atoms with E-state index in [0.29, 0.717) is 5.69 Å². The van der Waals surface area contributed by atoms with Gasteiger partial charge in [0.05, 0.1) is 11.4 Å². The summed E-state index contributed by atoms with van der Waals surface area (Å²) in [7, 11) is 0. The molecule has 0 spiro atoms. The van der Waals surface area contributed by atoms with Gasteiger partial charge in [0.25, 0.3) is 0 Å². The minimum Gasteiger partial charge on any atom is -0.323 e. The highest BCUT2D eigenvalue weighted by Crippen LogP contribution is 2.19. The molecule has 0 aromatic carbocycles. The van der Waals surface area contributed by atoms with Crippen LogP contribution < -0.4 is 5.32 Å². The number of rotatable bonds is 5. The highest BCUT2D eigenvalue weighted by Gasteiger charge is 2.09. The van der Waals surface area contributed by atoms with Crippen molar-refractivity contribution in [3.63, 3.8) is 0 Å². The fourth-order valence-electron chi connectivity index (χ4n) is 1.37. The Morgan fingerprint density at radius 3 is 3.16 bits per heavy atom. The number of halogens is 1. The van der Waals surface area contributed by atoms with E-state index in [9.17, 15) is 4.79 Å². The lowest BCUT2D eigenvalue weighted by atomic mass is 10.4. The number of amides is 1. The molecule has 0 radical (unpaired) electrons. The largest absolute Gasteiger partial charge is 0.323 e. The molecular formula is C11H12ClN5OS. The Labute approximate surface area is 119 Å². The first-order chi connectivity index (χ1) is 9.20. The Balaban J connectivity index is 1.90. The zero-order chi connectivity index (χ0) is 13.7. The number of anilines is 1. The third kappa shape index (κ3) is 3.68. The van der Waals surface area contributed by atoms with Crippen LogP contribution in [0.25, 0.3) is 0 Å². The van der Waals surface area contributed by atoms with Gasteiger partial charge in [-0.15, -0.1) is 10.2 Å². The van der Waals surface area contributed by atoms with Gasteiger partial charge in [0.15, 0.2) is 10.3 Å². The number of hydrogen-bond donors (Lipinski definition) is 1. The van der Waals surface area contributed by atoms with Crippen LogP contribution in [0.5, 0.6) is 0 Å². The molecule has 0 unspecified atom stereocenters. The van der Waals surface area contributed by atoms with Gasteiger partial charge < -0.3 is 9.88 Å². The van der Waals surface area contributed by atoms with Crippen molar-refractivity contribution in [1.82, 2.24) is 19.7 Å². The van der Waals surface area contributed by atoms with Gasteiger partial charge in [-0.05, 0) is 19.1 Å². The maximum Gasteiger partial charge on any atom is 0.234 e. The number of nitrogens with zero attached hydrogens (tertiary/aromatic N) is 4. The summed E-state index contributed by atoms with van der Waals surface area (Å²) in [6.07, 6.45) is 3.20. The fourth-order valence-corrected chi connectivity index (χ4v) is 2.31.